The van der Waals surface area contributed by atoms with E-state index in [0.29, 0.717) is 5.75 Å². The summed E-state index contributed by atoms with van der Waals surface area (Å²) in [4.78, 5) is 26.1. The third-order valence-corrected chi connectivity index (χ3v) is 6.41. The van der Waals surface area contributed by atoms with Gasteiger partial charge in [0.25, 0.3) is 0 Å². The van der Waals surface area contributed by atoms with Crippen LogP contribution in [-0.4, -0.2) is 47.7 Å². The van der Waals surface area contributed by atoms with Crippen molar-refractivity contribution in [2.75, 3.05) is 41.7 Å². The number of benzene rings is 1. The second kappa shape index (κ2) is 8.70. The van der Waals surface area contributed by atoms with Crippen LogP contribution in [0.4, 0.5) is 15.9 Å². The highest BCUT2D eigenvalue weighted by molar-refractivity contribution is 8.00. The monoisotopic (exact) mass is 414 g/mol. The molecule has 0 amide bonds. The van der Waals surface area contributed by atoms with Gasteiger partial charge in [0.15, 0.2) is 5.78 Å². The van der Waals surface area contributed by atoms with Crippen LogP contribution in [0.2, 0.25) is 0 Å². The Kier molecular flexibility index (Phi) is 5.87. The van der Waals surface area contributed by atoms with Gasteiger partial charge in [0.2, 0.25) is 0 Å². The molecule has 0 aliphatic carbocycles. The van der Waals surface area contributed by atoms with Crippen LogP contribution in [0.1, 0.15) is 9.67 Å². The zero-order valence-electron chi connectivity index (χ0n) is 15.1. The highest BCUT2D eigenvalue weighted by Gasteiger charge is 2.19. The van der Waals surface area contributed by atoms with E-state index in [1.807, 2.05) is 35.7 Å². The van der Waals surface area contributed by atoms with Gasteiger partial charge in [-0.3, -0.25) is 4.79 Å². The van der Waals surface area contributed by atoms with E-state index in [0.717, 1.165) is 47.6 Å². The molecular formula is C20H19FN4OS2. The summed E-state index contributed by atoms with van der Waals surface area (Å²) in [5.41, 5.74) is 1.03. The molecule has 0 atom stereocenters. The van der Waals surface area contributed by atoms with Crippen molar-refractivity contribution in [2.45, 2.75) is 5.03 Å². The molecule has 0 spiro atoms. The van der Waals surface area contributed by atoms with Crippen LogP contribution >= 0.6 is 23.1 Å². The summed E-state index contributed by atoms with van der Waals surface area (Å²) >= 11 is 2.90. The largest absolute Gasteiger partial charge is 0.368 e. The summed E-state index contributed by atoms with van der Waals surface area (Å²) in [6.07, 6.45) is 1.56. The van der Waals surface area contributed by atoms with Crippen LogP contribution in [0, 0.1) is 5.82 Å². The molecule has 0 saturated carbocycles. The topological polar surface area (TPSA) is 49.3 Å². The molecule has 3 heterocycles. The molecular weight excluding hydrogens is 395 g/mol. The van der Waals surface area contributed by atoms with Gasteiger partial charge in [-0.2, -0.15) is 0 Å². The third kappa shape index (κ3) is 4.51. The first-order valence-electron chi connectivity index (χ1n) is 8.96. The first-order chi connectivity index (χ1) is 13.7. The molecule has 3 aromatic rings. The number of piperazine rings is 1. The minimum atomic E-state index is -0.217. The third-order valence-electron chi connectivity index (χ3n) is 4.57. The molecule has 5 nitrogen and oxygen atoms in total. The van der Waals surface area contributed by atoms with E-state index in [4.69, 9.17) is 0 Å². The quantitative estimate of drug-likeness (QED) is 0.345. The number of thiophene rings is 1. The maximum absolute atomic E-state index is 13.1. The Labute approximate surface area is 171 Å². The lowest BCUT2D eigenvalue weighted by Gasteiger charge is -2.36. The van der Waals surface area contributed by atoms with Crippen molar-refractivity contribution in [3.63, 3.8) is 0 Å². The van der Waals surface area contributed by atoms with E-state index < -0.39 is 0 Å². The Morgan fingerprint density at radius 1 is 1.07 bits per heavy atom. The molecule has 0 bridgehead atoms. The van der Waals surface area contributed by atoms with E-state index in [2.05, 4.69) is 19.8 Å². The molecule has 2 aromatic heterocycles. The summed E-state index contributed by atoms with van der Waals surface area (Å²) in [5.74, 6) is 1.15. The highest BCUT2D eigenvalue weighted by Crippen LogP contribution is 2.24. The van der Waals surface area contributed by atoms with E-state index >= 15 is 0 Å². The lowest BCUT2D eigenvalue weighted by Crippen LogP contribution is -2.46. The fourth-order valence-corrected chi connectivity index (χ4v) is 4.58. The average molecular weight is 415 g/mol. The smallest absolute Gasteiger partial charge is 0.183 e. The summed E-state index contributed by atoms with van der Waals surface area (Å²) in [5, 5.41) is 2.71. The number of hydrogen-bond acceptors (Lipinski definition) is 7. The van der Waals surface area contributed by atoms with Crippen molar-refractivity contribution in [3.05, 3.63) is 64.9 Å². The minimum Gasteiger partial charge on any atom is -0.368 e. The van der Waals surface area contributed by atoms with Gasteiger partial charge in [0.1, 0.15) is 23.0 Å². The Morgan fingerprint density at radius 3 is 2.54 bits per heavy atom. The number of nitrogens with zero attached hydrogens (tertiary/aromatic N) is 4. The Hall–Kier alpha value is -2.45. The summed E-state index contributed by atoms with van der Waals surface area (Å²) < 4.78 is 13.1. The van der Waals surface area contributed by atoms with E-state index in [1.165, 1.54) is 35.2 Å². The molecule has 0 unspecified atom stereocenters. The van der Waals surface area contributed by atoms with Crippen LogP contribution in [0.15, 0.2) is 59.2 Å². The van der Waals surface area contributed by atoms with Gasteiger partial charge in [-0.05, 0) is 35.7 Å². The summed E-state index contributed by atoms with van der Waals surface area (Å²) in [6.45, 7) is 3.34. The van der Waals surface area contributed by atoms with Gasteiger partial charge in [-0.25, -0.2) is 14.4 Å². The fourth-order valence-electron chi connectivity index (χ4n) is 3.08. The predicted octanol–water partition coefficient (Wildman–Crippen LogP) is 3.98. The van der Waals surface area contributed by atoms with Crippen LogP contribution in [0.25, 0.3) is 0 Å². The van der Waals surface area contributed by atoms with Crippen LogP contribution < -0.4 is 9.80 Å². The zero-order valence-corrected chi connectivity index (χ0v) is 16.8. The number of rotatable bonds is 6. The van der Waals surface area contributed by atoms with E-state index in [9.17, 15) is 9.18 Å². The van der Waals surface area contributed by atoms with Gasteiger partial charge < -0.3 is 9.80 Å². The summed E-state index contributed by atoms with van der Waals surface area (Å²) in [6, 6.07) is 12.3. The van der Waals surface area contributed by atoms with Gasteiger partial charge in [-0.1, -0.05) is 17.8 Å². The van der Waals surface area contributed by atoms with Crippen LogP contribution in [-0.2, 0) is 0 Å². The molecule has 1 aliphatic heterocycles. The summed E-state index contributed by atoms with van der Waals surface area (Å²) in [7, 11) is 0. The van der Waals surface area contributed by atoms with E-state index in [1.54, 1.807) is 6.33 Å². The maximum Gasteiger partial charge on any atom is 0.183 e. The number of aromatic nitrogens is 2. The fraction of sp³-hybridized carbons (Fsp3) is 0.250. The molecule has 0 radical (unpaired) electrons. The number of Topliss-reactive ketones (excluding diaryl/α,β-unsaturated/α-hetero) is 1. The molecule has 28 heavy (non-hydrogen) atoms. The normalized spacial score (nSPS) is 14.3. The van der Waals surface area contributed by atoms with Gasteiger partial charge >= 0.3 is 0 Å². The number of carbonyl (C=O) groups excluding carboxylic acids is 1. The Morgan fingerprint density at radius 2 is 1.82 bits per heavy atom. The zero-order chi connectivity index (χ0) is 19.3. The lowest BCUT2D eigenvalue weighted by molar-refractivity contribution is 0.102. The molecule has 1 fully saturated rings. The van der Waals surface area contributed by atoms with Crippen molar-refractivity contribution in [1.82, 2.24) is 9.97 Å². The van der Waals surface area contributed by atoms with Gasteiger partial charge in [-0.15, -0.1) is 11.3 Å². The number of anilines is 2. The predicted molar refractivity (Wildman–Crippen MR) is 112 cm³/mol. The minimum absolute atomic E-state index is 0.119. The highest BCUT2D eigenvalue weighted by atomic mass is 32.2. The Balaban J connectivity index is 1.34. The Bertz CT molecular complexity index is 926. The molecule has 8 heteroatoms. The number of hydrogen-bond donors (Lipinski definition) is 0. The first-order valence-corrected chi connectivity index (χ1v) is 10.8. The molecule has 1 aromatic carbocycles. The van der Waals surface area contributed by atoms with Crippen molar-refractivity contribution < 1.29 is 9.18 Å². The van der Waals surface area contributed by atoms with Crippen molar-refractivity contribution in [3.8, 4) is 0 Å². The van der Waals surface area contributed by atoms with Crippen LogP contribution in [0.5, 0.6) is 0 Å². The molecule has 4 rings (SSSR count). The lowest BCUT2D eigenvalue weighted by atomic mass is 10.2. The number of ketones is 1. The van der Waals surface area contributed by atoms with Crippen molar-refractivity contribution >= 4 is 40.4 Å². The van der Waals surface area contributed by atoms with Crippen molar-refractivity contribution in [1.29, 1.82) is 0 Å². The first kappa shape index (κ1) is 18.9. The number of carbonyl (C=O) groups is 1. The van der Waals surface area contributed by atoms with Crippen LogP contribution in [0.3, 0.4) is 0 Å². The van der Waals surface area contributed by atoms with Crippen molar-refractivity contribution in [2.24, 2.45) is 0 Å². The van der Waals surface area contributed by atoms with Gasteiger partial charge in [0.05, 0.1) is 10.6 Å². The van der Waals surface area contributed by atoms with E-state index in [-0.39, 0.29) is 11.6 Å². The molecule has 1 aliphatic rings. The molecule has 1 saturated heterocycles. The molecule has 144 valence electrons. The maximum atomic E-state index is 13.1. The SMILES string of the molecule is O=C(CSc1cc(N2CCN(c3ccc(F)cc3)CC2)ncn1)c1cccs1. The second-order valence-corrected chi connectivity index (χ2v) is 8.30. The standard InChI is InChI=1S/C20H19FN4OS2/c21-15-3-5-16(6-4-15)24-7-9-25(10-8-24)19-12-20(23-14-22-19)28-13-17(26)18-2-1-11-27-18/h1-6,11-12,14H,7-10,13H2. The number of thioether (sulfide) groups is 1. The van der Waals surface area contributed by atoms with Gasteiger partial charge in [0, 0.05) is 37.9 Å². The second-order valence-electron chi connectivity index (χ2n) is 6.35. The number of halogens is 1. The average Bonchev–Trinajstić information content (AvgIpc) is 3.28. The molecule has 0 N–H and O–H groups in total.